The molecular formula is C19H27N3S. The SMILES string of the molecule is C[C@H]1CC[C@H](c2ccc3sc(C4(CN(C)C)CC4)nc3c2)NC1. The highest BCUT2D eigenvalue weighted by molar-refractivity contribution is 7.18. The topological polar surface area (TPSA) is 28.2 Å². The largest absolute Gasteiger partial charge is 0.310 e. The third-order valence-electron chi connectivity index (χ3n) is 5.40. The Morgan fingerprint density at radius 1 is 1.30 bits per heavy atom. The molecule has 1 aliphatic carbocycles. The van der Waals surface area contributed by atoms with Gasteiger partial charge in [0, 0.05) is 18.0 Å². The quantitative estimate of drug-likeness (QED) is 0.920. The van der Waals surface area contributed by atoms with Crippen LogP contribution in [0.2, 0.25) is 0 Å². The van der Waals surface area contributed by atoms with Gasteiger partial charge in [0.05, 0.1) is 10.2 Å². The first-order chi connectivity index (χ1) is 11.1. The van der Waals surface area contributed by atoms with Crippen LogP contribution in [0.3, 0.4) is 0 Å². The maximum atomic E-state index is 5.03. The van der Waals surface area contributed by atoms with Crippen molar-refractivity contribution in [3.63, 3.8) is 0 Å². The van der Waals surface area contributed by atoms with Crippen molar-refractivity contribution in [2.45, 2.75) is 44.1 Å². The van der Waals surface area contributed by atoms with E-state index in [2.05, 4.69) is 49.4 Å². The molecule has 0 unspecified atom stereocenters. The first kappa shape index (κ1) is 15.6. The fraction of sp³-hybridized carbons (Fsp3) is 0.632. The predicted molar refractivity (Wildman–Crippen MR) is 98.2 cm³/mol. The highest BCUT2D eigenvalue weighted by atomic mass is 32.1. The number of thiazole rings is 1. The molecule has 2 fully saturated rings. The van der Waals surface area contributed by atoms with E-state index in [4.69, 9.17) is 4.98 Å². The molecule has 23 heavy (non-hydrogen) atoms. The fourth-order valence-corrected chi connectivity index (χ4v) is 5.05. The Hall–Kier alpha value is -0.970. The van der Waals surface area contributed by atoms with Gasteiger partial charge in [-0.05, 0) is 69.9 Å². The summed E-state index contributed by atoms with van der Waals surface area (Å²) in [6, 6.07) is 7.44. The lowest BCUT2D eigenvalue weighted by Crippen LogP contribution is -2.31. The third-order valence-corrected chi connectivity index (χ3v) is 6.68. The van der Waals surface area contributed by atoms with Crippen LogP contribution >= 0.6 is 11.3 Å². The lowest BCUT2D eigenvalue weighted by molar-refractivity contribution is 0.333. The Kier molecular flexibility index (Phi) is 3.94. The highest BCUT2D eigenvalue weighted by Gasteiger charge is 2.47. The maximum Gasteiger partial charge on any atom is 0.101 e. The van der Waals surface area contributed by atoms with Crippen molar-refractivity contribution < 1.29 is 0 Å². The van der Waals surface area contributed by atoms with Crippen LogP contribution in [0.5, 0.6) is 0 Å². The molecule has 0 spiro atoms. The van der Waals surface area contributed by atoms with Crippen LogP contribution in [0.1, 0.15) is 49.2 Å². The summed E-state index contributed by atoms with van der Waals surface area (Å²) in [5.74, 6) is 0.807. The molecule has 1 saturated heterocycles. The van der Waals surface area contributed by atoms with Crippen LogP contribution in [-0.2, 0) is 5.41 Å². The second-order valence-corrected chi connectivity index (χ2v) is 8.94. The van der Waals surface area contributed by atoms with Crippen molar-refractivity contribution in [3.05, 3.63) is 28.8 Å². The fourth-order valence-electron chi connectivity index (χ4n) is 3.87. The summed E-state index contributed by atoms with van der Waals surface area (Å²) in [5, 5.41) is 5.04. The van der Waals surface area contributed by atoms with Crippen molar-refractivity contribution in [1.82, 2.24) is 15.2 Å². The second kappa shape index (κ2) is 5.83. The van der Waals surface area contributed by atoms with Crippen LogP contribution in [-0.4, -0.2) is 37.1 Å². The number of hydrogen-bond acceptors (Lipinski definition) is 4. The van der Waals surface area contributed by atoms with Gasteiger partial charge >= 0.3 is 0 Å². The number of fused-ring (bicyclic) bond motifs is 1. The van der Waals surface area contributed by atoms with E-state index in [0.29, 0.717) is 11.5 Å². The van der Waals surface area contributed by atoms with Crippen molar-refractivity contribution in [3.8, 4) is 0 Å². The van der Waals surface area contributed by atoms with Gasteiger partial charge in [-0.2, -0.15) is 0 Å². The van der Waals surface area contributed by atoms with Crippen molar-refractivity contribution in [2.75, 3.05) is 27.2 Å². The van der Waals surface area contributed by atoms with E-state index in [1.807, 2.05) is 11.3 Å². The molecule has 1 aromatic heterocycles. The van der Waals surface area contributed by atoms with Gasteiger partial charge in [-0.1, -0.05) is 13.0 Å². The average Bonchev–Trinajstić information content (AvgIpc) is 3.16. The number of nitrogens with zero attached hydrogens (tertiary/aromatic N) is 2. The molecule has 1 aliphatic heterocycles. The van der Waals surface area contributed by atoms with E-state index in [9.17, 15) is 0 Å². The van der Waals surface area contributed by atoms with Gasteiger partial charge < -0.3 is 10.2 Å². The molecule has 2 aromatic rings. The van der Waals surface area contributed by atoms with Gasteiger partial charge in [-0.15, -0.1) is 11.3 Å². The zero-order chi connectivity index (χ0) is 16.0. The lowest BCUT2D eigenvalue weighted by Gasteiger charge is -2.28. The van der Waals surface area contributed by atoms with Crippen LogP contribution in [0.15, 0.2) is 18.2 Å². The van der Waals surface area contributed by atoms with Gasteiger partial charge in [-0.25, -0.2) is 4.98 Å². The van der Waals surface area contributed by atoms with Crippen molar-refractivity contribution in [2.24, 2.45) is 5.92 Å². The van der Waals surface area contributed by atoms with Gasteiger partial charge in [0.25, 0.3) is 0 Å². The molecule has 0 radical (unpaired) electrons. The van der Waals surface area contributed by atoms with Crippen LogP contribution in [0.25, 0.3) is 10.2 Å². The summed E-state index contributed by atoms with van der Waals surface area (Å²) < 4.78 is 1.35. The number of hydrogen-bond donors (Lipinski definition) is 1. The average molecular weight is 330 g/mol. The molecule has 4 rings (SSSR count). The van der Waals surface area contributed by atoms with E-state index in [1.54, 1.807) is 0 Å². The molecule has 2 aliphatic rings. The van der Waals surface area contributed by atoms with Gasteiger partial charge in [-0.3, -0.25) is 0 Å². The Labute approximate surface area is 143 Å². The van der Waals surface area contributed by atoms with Crippen LogP contribution in [0.4, 0.5) is 0 Å². The number of nitrogens with one attached hydrogen (secondary N) is 1. The van der Waals surface area contributed by atoms with E-state index >= 15 is 0 Å². The second-order valence-electron chi connectivity index (χ2n) is 7.91. The smallest absolute Gasteiger partial charge is 0.101 e. The minimum atomic E-state index is 0.339. The zero-order valence-corrected chi connectivity index (χ0v) is 15.2. The first-order valence-corrected chi connectivity index (χ1v) is 9.66. The monoisotopic (exact) mass is 329 g/mol. The van der Waals surface area contributed by atoms with E-state index in [0.717, 1.165) is 19.0 Å². The van der Waals surface area contributed by atoms with Crippen LogP contribution < -0.4 is 5.32 Å². The van der Waals surface area contributed by atoms with Gasteiger partial charge in [0.2, 0.25) is 0 Å². The molecule has 1 N–H and O–H groups in total. The van der Waals surface area contributed by atoms with E-state index < -0.39 is 0 Å². The molecular weight excluding hydrogens is 302 g/mol. The molecule has 2 heterocycles. The Morgan fingerprint density at radius 2 is 2.13 bits per heavy atom. The number of likely N-dealkylation sites (N-methyl/N-ethyl adjacent to an activating group) is 1. The molecule has 4 heteroatoms. The summed E-state index contributed by atoms with van der Waals surface area (Å²) in [5.41, 5.74) is 2.96. The predicted octanol–water partition coefficient (Wildman–Crippen LogP) is 3.95. The summed E-state index contributed by atoms with van der Waals surface area (Å²) >= 11 is 1.91. The van der Waals surface area contributed by atoms with Gasteiger partial charge in [0.1, 0.15) is 5.01 Å². The Morgan fingerprint density at radius 3 is 2.78 bits per heavy atom. The van der Waals surface area contributed by atoms with E-state index in [1.165, 1.54) is 46.5 Å². The number of rotatable bonds is 4. The summed E-state index contributed by atoms with van der Waals surface area (Å²) in [4.78, 5) is 7.34. The summed E-state index contributed by atoms with van der Waals surface area (Å²) in [6.45, 7) is 4.59. The highest BCUT2D eigenvalue weighted by Crippen LogP contribution is 2.50. The van der Waals surface area contributed by atoms with Crippen molar-refractivity contribution in [1.29, 1.82) is 0 Å². The molecule has 3 nitrogen and oxygen atoms in total. The standard InChI is InChI=1S/C19H27N3S/c1-13-4-6-15(20-11-13)14-5-7-17-16(10-14)21-18(23-17)19(8-9-19)12-22(2)3/h5,7,10,13,15,20H,4,6,8-9,11-12H2,1-3H3/t13-,15+/m0/s1. The lowest BCUT2D eigenvalue weighted by atomic mass is 9.92. The Bertz CT molecular complexity index is 694. The molecule has 1 aromatic carbocycles. The Balaban J connectivity index is 1.60. The van der Waals surface area contributed by atoms with Crippen LogP contribution in [0, 0.1) is 5.92 Å². The number of benzene rings is 1. The summed E-state index contributed by atoms with van der Waals surface area (Å²) in [7, 11) is 4.34. The van der Waals surface area contributed by atoms with Gasteiger partial charge in [0.15, 0.2) is 0 Å². The first-order valence-electron chi connectivity index (χ1n) is 8.85. The van der Waals surface area contributed by atoms with E-state index in [-0.39, 0.29) is 0 Å². The minimum absolute atomic E-state index is 0.339. The summed E-state index contributed by atoms with van der Waals surface area (Å²) in [6.07, 6.45) is 5.15. The molecule has 1 saturated carbocycles. The maximum absolute atomic E-state index is 5.03. The molecule has 0 amide bonds. The molecule has 124 valence electrons. The van der Waals surface area contributed by atoms with Crippen molar-refractivity contribution >= 4 is 21.6 Å². The zero-order valence-electron chi connectivity index (χ0n) is 14.4. The molecule has 0 bridgehead atoms. The molecule has 2 atom stereocenters. The third kappa shape index (κ3) is 3.04. The number of piperidine rings is 1. The number of aromatic nitrogens is 1. The normalized spacial score (nSPS) is 26.8. The minimum Gasteiger partial charge on any atom is -0.310 e.